The highest BCUT2D eigenvalue weighted by molar-refractivity contribution is 5.30. The molecule has 0 amide bonds. The van der Waals surface area contributed by atoms with Crippen molar-refractivity contribution >= 4 is 0 Å². The van der Waals surface area contributed by atoms with Gasteiger partial charge in [0.25, 0.3) is 0 Å². The normalized spacial score (nSPS) is 24.6. The highest BCUT2D eigenvalue weighted by Crippen LogP contribution is 2.25. The minimum absolute atomic E-state index is 0.0815. The fourth-order valence-corrected chi connectivity index (χ4v) is 2.23. The Bertz CT molecular complexity index is 397. The Morgan fingerprint density at radius 3 is 3.00 bits per heavy atom. The average molecular weight is 253 g/mol. The maximum absolute atomic E-state index is 13.6. The van der Waals surface area contributed by atoms with Crippen molar-refractivity contribution in [2.45, 2.75) is 31.9 Å². The van der Waals surface area contributed by atoms with E-state index in [-0.39, 0.29) is 17.7 Å². The Morgan fingerprint density at radius 1 is 1.50 bits per heavy atom. The summed E-state index contributed by atoms with van der Waals surface area (Å²) < 4.78 is 24.3. The number of hydrogen-bond donors (Lipinski definition) is 1. The quantitative estimate of drug-likeness (QED) is 0.898. The molecule has 0 saturated carbocycles. The summed E-state index contributed by atoms with van der Waals surface area (Å²) in [4.78, 5) is 0. The average Bonchev–Trinajstić information content (AvgIpc) is 2.63. The summed E-state index contributed by atoms with van der Waals surface area (Å²) in [5, 5.41) is 3.45. The molecular formula is C14H20FNO2. The summed E-state index contributed by atoms with van der Waals surface area (Å²) in [6.45, 7) is 3.60. The number of benzene rings is 1. The van der Waals surface area contributed by atoms with Crippen LogP contribution in [0.25, 0.3) is 0 Å². The monoisotopic (exact) mass is 253 g/mol. The molecule has 1 aliphatic rings. The highest BCUT2D eigenvalue weighted by atomic mass is 19.1. The van der Waals surface area contributed by atoms with E-state index in [9.17, 15) is 4.39 Å². The van der Waals surface area contributed by atoms with Crippen molar-refractivity contribution in [3.63, 3.8) is 0 Å². The first kappa shape index (κ1) is 13.3. The van der Waals surface area contributed by atoms with Crippen LogP contribution in [-0.2, 0) is 4.74 Å². The van der Waals surface area contributed by atoms with Crippen LogP contribution in [0.5, 0.6) is 5.75 Å². The van der Waals surface area contributed by atoms with E-state index in [1.807, 2.05) is 6.07 Å². The summed E-state index contributed by atoms with van der Waals surface area (Å²) in [5.74, 6) is -0.0679. The van der Waals surface area contributed by atoms with Gasteiger partial charge in [-0.1, -0.05) is 13.0 Å². The van der Waals surface area contributed by atoms with Crippen molar-refractivity contribution in [1.29, 1.82) is 0 Å². The first-order valence-electron chi connectivity index (χ1n) is 6.43. The summed E-state index contributed by atoms with van der Waals surface area (Å²) in [6, 6.07) is 5.51. The van der Waals surface area contributed by atoms with Gasteiger partial charge in [-0.15, -0.1) is 0 Å². The lowest BCUT2D eigenvalue weighted by molar-refractivity contribution is 0.0661. The molecule has 0 spiro atoms. The summed E-state index contributed by atoms with van der Waals surface area (Å²) >= 11 is 0. The number of ether oxygens (including phenoxy) is 2. The van der Waals surface area contributed by atoms with Gasteiger partial charge in [0.2, 0.25) is 0 Å². The zero-order valence-corrected chi connectivity index (χ0v) is 10.9. The van der Waals surface area contributed by atoms with Crippen LogP contribution in [0.2, 0.25) is 0 Å². The third-order valence-electron chi connectivity index (χ3n) is 3.42. The van der Waals surface area contributed by atoms with E-state index in [1.165, 1.54) is 13.2 Å². The van der Waals surface area contributed by atoms with Gasteiger partial charge in [-0.3, -0.25) is 0 Å². The zero-order chi connectivity index (χ0) is 13.0. The molecule has 1 N–H and O–H groups in total. The van der Waals surface area contributed by atoms with E-state index in [0.29, 0.717) is 12.6 Å². The molecule has 0 bridgehead atoms. The lowest BCUT2D eigenvalue weighted by atomic mass is 10.1. The van der Waals surface area contributed by atoms with Crippen LogP contribution in [0.4, 0.5) is 4.39 Å². The molecule has 1 aromatic carbocycles. The van der Waals surface area contributed by atoms with Crippen molar-refractivity contribution in [3.8, 4) is 5.75 Å². The van der Waals surface area contributed by atoms with E-state index in [4.69, 9.17) is 9.47 Å². The molecule has 4 heteroatoms. The lowest BCUT2D eigenvalue weighted by Crippen LogP contribution is -2.29. The minimum Gasteiger partial charge on any atom is -0.494 e. The fourth-order valence-electron chi connectivity index (χ4n) is 2.23. The first-order valence-corrected chi connectivity index (χ1v) is 6.43. The third kappa shape index (κ3) is 3.00. The Hall–Kier alpha value is -1.13. The zero-order valence-electron chi connectivity index (χ0n) is 10.9. The van der Waals surface area contributed by atoms with Crippen LogP contribution in [0.1, 0.15) is 31.4 Å². The molecule has 2 rings (SSSR count). The fraction of sp³-hybridized carbons (Fsp3) is 0.571. The predicted molar refractivity (Wildman–Crippen MR) is 68.3 cm³/mol. The molecule has 18 heavy (non-hydrogen) atoms. The minimum atomic E-state index is -0.338. The Labute approximate surface area is 107 Å². The topological polar surface area (TPSA) is 30.5 Å². The lowest BCUT2D eigenvalue weighted by Gasteiger charge is -2.17. The number of halogens is 1. The van der Waals surface area contributed by atoms with Crippen LogP contribution in [-0.4, -0.2) is 26.3 Å². The highest BCUT2D eigenvalue weighted by Gasteiger charge is 2.20. The maximum atomic E-state index is 13.6. The summed E-state index contributed by atoms with van der Waals surface area (Å²) in [6.07, 6.45) is 2.01. The van der Waals surface area contributed by atoms with Gasteiger partial charge < -0.3 is 14.8 Å². The molecule has 2 atom stereocenters. The SMILES string of the molecule is CCC1CCOC(c2ccc(OC)c(F)c2)CN1. The number of nitrogens with one attached hydrogen (secondary N) is 1. The smallest absolute Gasteiger partial charge is 0.165 e. The molecule has 1 aliphatic heterocycles. The second-order valence-corrected chi connectivity index (χ2v) is 4.56. The van der Waals surface area contributed by atoms with Gasteiger partial charge in [-0.05, 0) is 30.5 Å². The summed E-state index contributed by atoms with van der Waals surface area (Å²) in [7, 11) is 1.47. The van der Waals surface area contributed by atoms with Gasteiger partial charge >= 0.3 is 0 Å². The molecule has 2 unspecified atom stereocenters. The van der Waals surface area contributed by atoms with Crippen molar-refractivity contribution < 1.29 is 13.9 Å². The van der Waals surface area contributed by atoms with Gasteiger partial charge in [-0.25, -0.2) is 4.39 Å². The molecule has 1 heterocycles. The Kier molecular flexibility index (Phi) is 4.55. The molecule has 1 aromatic rings. The molecule has 1 fully saturated rings. The van der Waals surface area contributed by atoms with Gasteiger partial charge in [0.15, 0.2) is 11.6 Å². The molecule has 0 radical (unpaired) electrons. The molecule has 100 valence electrons. The van der Waals surface area contributed by atoms with Crippen LogP contribution in [0.3, 0.4) is 0 Å². The van der Waals surface area contributed by atoms with Crippen molar-refractivity contribution in [1.82, 2.24) is 5.32 Å². The van der Waals surface area contributed by atoms with Crippen molar-refractivity contribution in [2.75, 3.05) is 20.3 Å². The van der Waals surface area contributed by atoms with Gasteiger partial charge in [-0.2, -0.15) is 0 Å². The molecule has 3 nitrogen and oxygen atoms in total. The van der Waals surface area contributed by atoms with E-state index >= 15 is 0 Å². The summed E-state index contributed by atoms with van der Waals surface area (Å²) in [5.41, 5.74) is 0.859. The van der Waals surface area contributed by atoms with Gasteiger partial charge in [0.1, 0.15) is 0 Å². The van der Waals surface area contributed by atoms with Crippen molar-refractivity contribution in [3.05, 3.63) is 29.6 Å². The first-order chi connectivity index (χ1) is 8.74. The standard InChI is InChI=1S/C14H20FNO2/c1-3-11-6-7-18-14(9-16-11)10-4-5-13(17-2)12(15)8-10/h4-5,8,11,14,16H,3,6-7,9H2,1-2H3. The predicted octanol–water partition coefficient (Wildman–Crippen LogP) is 2.66. The third-order valence-corrected chi connectivity index (χ3v) is 3.42. The number of methoxy groups -OCH3 is 1. The van der Waals surface area contributed by atoms with Crippen LogP contribution in [0.15, 0.2) is 18.2 Å². The van der Waals surface area contributed by atoms with Crippen LogP contribution >= 0.6 is 0 Å². The number of rotatable bonds is 3. The molecule has 0 aromatic heterocycles. The maximum Gasteiger partial charge on any atom is 0.165 e. The van der Waals surface area contributed by atoms with E-state index in [1.54, 1.807) is 6.07 Å². The molecular weight excluding hydrogens is 233 g/mol. The van der Waals surface area contributed by atoms with E-state index in [2.05, 4.69) is 12.2 Å². The Balaban J connectivity index is 2.09. The van der Waals surface area contributed by atoms with E-state index in [0.717, 1.165) is 24.9 Å². The second kappa shape index (κ2) is 6.16. The number of hydrogen-bond acceptors (Lipinski definition) is 3. The molecule has 1 saturated heterocycles. The Morgan fingerprint density at radius 2 is 2.33 bits per heavy atom. The van der Waals surface area contributed by atoms with Crippen LogP contribution < -0.4 is 10.1 Å². The van der Waals surface area contributed by atoms with Crippen molar-refractivity contribution in [2.24, 2.45) is 0 Å². The van der Waals surface area contributed by atoms with Crippen LogP contribution in [0, 0.1) is 5.82 Å². The second-order valence-electron chi connectivity index (χ2n) is 4.56. The van der Waals surface area contributed by atoms with Gasteiger partial charge in [0, 0.05) is 19.2 Å². The van der Waals surface area contributed by atoms with E-state index < -0.39 is 0 Å². The molecule has 0 aliphatic carbocycles. The van der Waals surface area contributed by atoms with Gasteiger partial charge in [0.05, 0.1) is 13.2 Å². The largest absolute Gasteiger partial charge is 0.494 e.